The van der Waals surface area contributed by atoms with Gasteiger partial charge in [0.1, 0.15) is 17.5 Å². The van der Waals surface area contributed by atoms with Crippen molar-refractivity contribution in [3.8, 4) is 11.5 Å². The summed E-state index contributed by atoms with van der Waals surface area (Å²) in [6.07, 6.45) is 4.14. The standard InChI is InChI=1S/C32H39N3O7/c1-41-21-32(11-3-12-32)30(40)35-16-13-31(14-17-35)20-23-4-2-5-25(18-23)42-24-8-6-22(7-9-24)19-26(28(37)38)34-27(36)10-15-33-29(31)39/h2,4-9,18,26H,3,10-17,19-21H2,1H3,(H,33,39)(H,34,36)(H,37,38)/t26-/m0/s1. The topological polar surface area (TPSA) is 134 Å². The summed E-state index contributed by atoms with van der Waals surface area (Å²) in [5, 5.41) is 15.2. The number of benzene rings is 2. The number of carbonyl (C=O) groups excluding carboxylic acids is 3. The number of rotatable bonds is 4. The maximum Gasteiger partial charge on any atom is 0.326 e. The van der Waals surface area contributed by atoms with Crippen LogP contribution in [0.2, 0.25) is 0 Å². The largest absolute Gasteiger partial charge is 0.480 e. The molecule has 2 aromatic carbocycles. The number of nitrogens with one attached hydrogen (secondary N) is 2. The second-order valence-corrected chi connectivity index (χ2v) is 11.9. The van der Waals surface area contributed by atoms with Crippen LogP contribution in [0, 0.1) is 10.8 Å². The van der Waals surface area contributed by atoms with E-state index in [1.165, 1.54) is 0 Å². The van der Waals surface area contributed by atoms with Gasteiger partial charge in [0.25, 0.3) is 0 Å². The highest BCUT2D eigenvalue weighted by Gasteiger charge is 2.49. The lowest BCUT2D eigenvalue weighted by molar-refractivity contribution is -0.156. The van der Waals surface area contributed by atoms with Gasteiger partial charge in [0.2, 0.25) is 17.7 Å². The Morgan fingerprint density at radius 3 is 2.40 bits per heavy atom. The molecule has 1 aliphatic carbocycles. The number of likely N-dealkylation sites (tertiary alicyclic amines) is 1. The van der Waals surface area contributed by atoms with Crippen LogP contribution in [0.5, 0.6) is 11.5 Å². The molecule has 10 nitrogen and oxygen atoms in total. The summed E-state index contributed by atoms with van der Waals surface area (Å²) >= 11 is 0. The van der Waals surface area contributed by atoms with Gasteiger partial charge in [-0.05, 0) is 67.5 Å². The van der Waals surface area contributed by atoms with E-state index in [9.17, 15) is 24.3 Å². The lowest BCUT2D eigenvalue weighted by Crippen LogP contribution is -2.56. The summed E-state index contributed by atoms with van der Waals surface area (Å²) in [6.45, 7) is 1.41. The van der Waals surface area contributed by atoms with Gasteiger partial charge in [0.05, 0.1) is 17.4 Å². The molecule has 1 saturated carbocycles. The second-order valence-electron chi connectivity index (χ2n) is 11.9. The zero-order chi connectivity index (χ0) is 29.7. The Kier molecular flexibility index (Phi) is 8.82. The molecule has 2 aromatic rings. The van der Waals surface area contributed by atoms with Crippen LogP contribution in [0.3, 0.4) is 0 Å². The van der Waals surface area contributed by atoms with E-state index in [1.54, 1.807) is 31.4 Å². The molecule has 0 aromatic heterocycles. The smallest absolute Gasteiger partial charge is 0.326 e. The third kappa shape index (κ3) is 6.43. The first kappa shape index (κ1) is 29.6. The second kappa shape index (κ2) is 12.5. The molecular formula is C32H39N3O7. The third-order valence-corrected chi connectivity index (χ3v) is 8.99. The van der Waals surface area contributed by atoms with Gasteiger partial charge >= 0.3 is 5.97 Å². The quantitative estimate of drug-likeness (QED) is 0.509. The molecule has 1 atom stereocenters. The maximum absolute atomic E-state index is 13.8. The minimum atomic E-state index is -1.13. The van der Waals surface area contributed by atoms with Gasteiger partial charge in [-0.2, -0.15) is 0 Å². The number of methoxy groups -OCH3 is 1. The summed E-state index contributed by atoms with van der Waals surface area (Å²) in [6, 6.07) is 13.7. The average Bonchev–Trinajstić information content (AvgIpc) is 2.95. The van der Waals surface area contributed by atoms with Crippen molar-refractivity contribution in [2.75, 3.05) is 33.4 Å². The first-order chi connectivity index (χ1) is 20.2. The van der Waals surface area contributed by atoms with E-state index < -0.39 is 28.7 Å². The van der Waals surface area contributed by atoms with E-state index in [4.69, 9.17) is 9.47 Å². The monoisotopic (exact) mass is 577 g/mol. The zero-order valence-electron chi connectivity index (χ0n) is 24.0. The summed E-state index contributed by atoms with van der Waals surface area (Å²) in [4.78, 5) is 53.6. The van der Waals surface area contributed by atoms with Gasteiger partial charge in [-0.25, -0.2) is 4.79 Å². The average molecular weight is 578 g/mol. The van der Waals surface area contributed by atoms with Crippen LogP contribution in [0.4, 0.5) is 0 Å². The molecule has 3 amide bonds. The van der Waals surface area contributed by atoms with E-state index in [0.29, 0.717) is 50.5 Å². The number of hydrogen-bond donors (Lipinski definition) is 3. The van der Waals surface area contributed by atoms with Gasteiger partial charge in [0, 0.05) is 39.6 Å². The molecule has 6 rings (SSSR count). The number of ether oxygens (including phenoxy) is 2. The fourth-order valence-electron chi connectivity index (χ4n) is 6.38. The predicted molar refractivity (Wildman–Crippen MR) is 154 cm³/mol. The number of nitrogens with zero attached hydrogens (tertiary/aromatic N) is 1. The van der Waals surface area contributed by atoms with Crippen molar-refractivity contribution in [2.24, 2.45) is 10.8 Å². The van der Waals surface area contributed by atoms with E-state index in [-0.39, 0.29) is 31.2 Å². The Balaban J connectivity index is 1.38. The van der Waals surface area contributed by atoms with Crippen molar-refractivity contribution in [1.82, 2.24) is 15.5 Å². The normalized spacial score (nSPS) is 22.1. The summed E-state index contributed by atoms with van der Waals surface area (Å²) in [5.41, 5.74) is 0.453. The van der Waals surface area contributed by atoms with Crippen molar-refractivity contribution in [1.29, 1.82) is 0 Å². The number of carboxylic acids is 1. The molecule has 3 aliphatic heterocycles. The van der Waals surface area contributed by atoms with E-state index in [2.05, 4.69) is 10.6 Å². The number of fused-ring (bicyclic) bond motifs is 9. The molecular weight excluding hydrogens is 538 g/mol. The molecule has 42 heavy (non-hydrogen) atoms. The molecule has 224 valence electrons. The molecule has 4 aliphatic rings. The first-order valence-electron chi connectivity index (χ1n) is 14.7. The van der Waals surface area contributed by atoms with Gasteiger partial charge in [-0.15, -0.1) is 0 Å². The van der Waals surface area contributed by atoms with E-state index in [0.717, 1.165) is 30.4 Å². The van der Waals surface area contributed by atoms with Crippen molar-refractivity contribution in [3.05, 3.63) is 59.7 Å². The highest BCUT2D eigenvalue weighted by atomic mass is 16.5. The predicted octanol–water partition coefficient (Wildman–Crippen LogP) is 3.08. The van der Waals surface area contributed by atoms with Gasteiger partial charge in [-0.1, -0.05) is 30.7 Å². The molecule has 0 unspecified atom stereocenters. The molecule has 4 bridgehead atoms. The van der Waals surface area contributed by atoms with E-state index >= 15 is 0 Å². The van der Waals surface area contributed by atoms with Crippen molar-refractivity contribution >= 4 is 23.7 Å². The molecule has 3 N–H and O–H groups in total. The van der Waals surface area contributed by atoms with Gasteiger partial charge in [-0.3, -0.25) is 14.4 Å². The Morgan fingerprint density at radius 2 is 1.76 bits per heavy atom. The van der Waals surface area contributed by atoms with Crippen LogP contribution in [0.15, 0.2) is 48.5 Å². The summed E-state index contributed by atoms with van der Waals surface area (Å²) < 4.78 is 11.5. The lowest BCUT2D eigenvalue weighted by Gasteiger charge is -2.47. The Hall–Kier alpha value is -3.92. The molecule has 1 spiro atoms. The minimum Gasteiger partial charge on any atom is -0.480 e. The molecule has 0 radical (unpaired) electrons. The number of amides is 3. The fraction of sp³-hybridized carbons (Fsp3) is 0.500. The SMILES string of the molecule is COCC1(C(=O)N2CCC3(CC2)Cc2cccc(c2)Oc2ccc(cc2)C[C@@H](C(=O)O)NC(=O)CCNC3=O)CCC1. The molecule has 1 saturated heterocycles. The molecule has 2 fully saturated rings. The Bertz CT molecular complexity index is 1310. The van der Waals surface area contributed by atoms with Crippen molar-refractivity contribution in [3.63, 3.8) is 0 Å². The Morgan fingerprint density at radius 1 is 1.02 bits per heavy atom. The summed E-state index contributed by atoms with van der Waals surface area (Å²) in [5.74, 6) is -0.421. The number of aliphatic carboxylic acids is 1. The number of carbonyl (C=O) groups is 4. The van der Waals surface area contributed by atoms with Gasteiger partial charge in [0.15, 0.2) is 0 Å². The van der Waals surface area contributed by atoms with Crippen LogP contribution in [0.1, 0.15) is 49.7 Å². The van der Waals surface area contributed by atoms with Gasteiger partial charge < -0.3 is 30.1 Å². The number of carboxylic acid groups (broad SMARTS) is 1. The third-order valence-electron chi connectivity index (χ3n) is 8.99. The minimum absolute atomic E-state index is 0.0436. The highest BCUT2D eigenvalue weighted by molar-refractivity contribution is 5.87. The first-order valence-corrected chi connectivity index (χ1v) is 14.7. The fourth-order valence-corrected chi connectivity index (χ4v) is 6.38. The van der Waals surface area contributed by atoms with Crippen molar-refractivity contribution in [2.45, 2.75) is 57.4 Å². The maximum atomic E-state index is 13.8. The number of hydrogen-bond acceptors (Lipinski definition) is 6. The lowest BCUT2D eigenvalue weighted by atomic mass is 9.67. The summed E-state index contributed by atoms with van der Waals surface area (Å²) in [7, 11) is 1.62. The van der Waals surface area contributed by atoms with Crippen LogP contribution in [-0.2, 0) is 36.8 Å². The van der Waals surface area contributed by atoms with Crippen LogP contribution < -0.4 is 15.4 Å². The van der Waals surface area contributed by atoms with Crippen LogP contribution >= 0.6 is 0 Å². The molecule has 10 heteroatoms. The number of piperidine rings is 1. The van der Waals surface area contributed by atoms with Crippen LogP contribution in [0.25, 0.3) is 0 Å². The highest BCUT2D eigenvalue weighted by Crippen LogP contribution is 2.45. The van der Waals surface area contributed by atoms with Crippen molar-refractivity contribution < 1.29 is 33.8 Å². The van der Waals surface area contributed by atoms with E-state index in [1.807, 2.05) is 29.2 Å². The molecule has 3 heterocycles. The van der Waals surface area contributed by atoms with Crippen LogP contribution in [-0.4, -0.2) is 73.1 Å². The zero-order valence-corrected chi connectivity index (χ0v) is 24.0. The Labute approximate surface area is 245 Å².